The molecule has 2 aromatic carbocycles. The minimum Gasteiger partial charge on any atom is -0.0654 e. The summed E-state index contributed by atoms with van der Waals surface area (Å²) in [5.74, 6) is 0.860. The van der Waals surface area contributed by atoms with Gasteiger partial charge in [-0.3, -0.25) is 0 Å². The number of rotatable bonds is 8. The molecule has 160 valence electrons. The van der Waals surface area contributed by atoms with Crippen molar-refractivity contribution in [3.8, 4) is 11.1 Å². The fraction of sp³-hybridized carbons (Fsp3) is 0.533. The maximum atomic E-state index is 2.53. The standard InChI is InChI=1S/C30H40/c1-7-14-29(3,4)25-17-24(18-26(20-25)30(5,6)15-8-2)27-11-9-10-22-16-23(19-28(22)27)21-12-13-21/h9-11,17-21H,7-8,12-16H2,1-6H3. The van der Waals surface area contributed by atoms with E-state index < -0.39 is 0 Å². The lowest BCUT2D eigenvalue weighted by atomic mass is 9.74. The van der Waals surface area contributed by atoms with Crippen molar-refractivity contribution in [1.29, 1.82) is 0 Å². The lowest BCUT2D eigenvalue weighted by molar-refractivity contribution is 0.458. The molecule has 0 N–H and O–H groups in total. The van der Waals surface area contributed by atoms with Crippen molar-refractivity contribution >= 4 is 6.08 Å². The molecule has 2 aliphatic carbocycles. The van der Waals surface area contributed by atoms with Gasteiger partial charge in [0.2, 0.25) is 0 Å². The summed E-state index contributed by atoms with van der Waals surface area (Å²) in [4.78, 5) is 0. The molecule has 0 saturated heterocycles. The molecule has 4 rings (SSSR count). The average Bonchev–Trinajstić information content (AvgIpc) is 3.46. The van der Waals surface area contributed by atoms with Gasteiger partial charge in [-0.1, -0.05) is 102 Å². The van der Waals surface area contributed by atoms with E-state index in [9.17, 15) is 0 Å². The second-order valence-electron chi connectivity index (χ2n) is 11.1. The molecular formula is C30H40. The molecule has 0 aromatic heterocycles. The highest BCUT2D eigenvalue weighted by atomic mass is 14.4. The molecule has 1 saturated carbocycles. The van der Waals surface area contributed by atoms with Crippen molar-refractivity contribution in [2.75, 3.05) is 0 Å². The van der Waals surface area contributed by atoms with Crippen molar-refractivity contribution in [3.05, 3.63) is 64.2 Å². The Labute approximate surface area is 184 Å². The zero-order valence-electron chi connectivity index (χ0n) is 20.1. The Morgan fingerprint density at radius 1 is 0.833 bits per heavy atom. The van der Waals surface area contributed by atoms with Gasteiger partial charge in [-0.05, 0) is 82.2 Å². The molecule has 0 amide bonds. The van der Waals surface area contributed by atoms with E-state index in [1.165, 1.54) is 78.3 Å². The Kier molecular flexibility index (Phi) is 5.73. The van der Waals surface area contributed by atoms with Gasteiger partial charge < -0.3 is 0 Å². The van der Waals surface area contributed by atoms with E-state index >= 15 is 0 Å². The summed E-state index contributed by atoms with van der Waals surface area (Å²) in [7, 11) is 0. The summed E-state index contributed by atoms with van der Waals surface area (Å²) in [5.41, 5.74) is 11.0. The van der Waals surface area contributed by atoms with E-state index in [0.717, 1.165) is 5.92 Å². The van der Waals surface area contributed by atoms with Gasteiger partial charge in [-0.2, -0.15) is 0 Å². The lowest BCUT2D eigenvalue weighted by Crippen LogP contribution is -2.21. The first-order valence-corrected chi connectivity index (χ1v) is 12.2. The third-order valence-corrected chi connectivity index (χ3v) is 7.58. The molecule has 1 fully saturated rings. The van der Waals surface area contributed by atoms with Crippen molar-refractivity contribution in [2.45, 2.75) is 97.3 Å². The molecule has 0 heteroatoms. The maximum Gasteiger partial charge on any atom is -0.00548 e. The first-order valence-electron chi connectivity index (χ1n) is 12.2. The fourth-order valence-electron chi connectivity index (χ4n) is 5.47. The Bertz CT molecular complexity index is 914. The zero-order valence-corrected chi connectivity index (χ0v) is 20.1. The summed E-state index contributed by atoms with van der Waals surface area (Å²) in [6.07, 6.45) is 11.4. The molecule has 0 unspecified atom stereocenters. The molecule has 0 aliphatic heterocycles. The van der Waals surface area contributed by atoms with E-state index in [0.29, 0.717) is 0 Å². The van der Waals surface area contributed by atoms with Crippen LogP contribution >= 0.6 is 0 Å². The predicted octanol–water partition coefficient (Wildman–Crippen LogP) is 8.86. The normalized spacial score (nSPS) is 16.5. The molecule has 2 aliphatic rings. The van der Waals surface area contributed by atoms with Crippen molar-refractivity contribution in [3.63, 3.8) is 0 Å². The van der Waals surface area contributed by atoms with E-state index in [2.05, 4.69) is 84.0 Å². The number of hydrogen-bond donors (Lipinski definition) is 0. The highest BCUT2D eigenvalue weighted by Crippen LogP contribution is 2.45. The Morgan fingerprint density at radius 3 is 1.97 bits per heavy atom. The number of allylic oxidation sites excluding steroid dienone is 1. The highest BCUT2D eigenvalue weighted by molar-refractivity contribution is 5.82. The topological polar surface area (TPSA) is 0 Å². The van der Waals surface area contributed by atoms with Crippen LogP contribution in [0.2, 0.25) is 0 Å². The maximum absolute atomic E-state index is 2.53. The smallest absolute Gasteiger partial charge is 0.00548 e. The second kappa shape index (κ2) is 8.03. The third kappa shape index (κ3) is 4.16. The Morgan fingerprint density at radius 2 is 1.43 bits per heavy atom. The van der Waals surface area contributed by atoms with Gasteiger partial charge in [-0.15, -0.1) is 0 Å². The molecular weight excluding hydrogens is 360 g/mol. The van der Waals surface area contributed by atoms with Crippen molar-refractivity contribution in [2.24, 2.45) is 5.92 Å². The van der Waals surface area contributed by atoms with Gasteiger partial charge in [0.1, 0.15) is 0 Å². The quantitative estimate of drug-likeness (QED) is 0.415. The van der Waals surface area contributed by atoms with Crippen LogP contribution in [0.25, 0.3) is 17.2 Å². The SMILES string of the molecule is CCCC(C)(C)c1cc(-c2cccc3c2C=C(C2CC2)C3)cc(C(C)(C)CCC)c1. The van der Waals surface area contributed by atoms with E-state index in [4.69, 9.17) is 0 Å². The van der Waals surface area contributed by atoms with Crippen LogP contribution < -0.4 is 0 Å². The monoisotopic (exact) mass is 400 g/mol. The van der Waals surface area contributed by atoms with Crippen LogP contribution in [-0.2, 0) is 17.3 Å². The summed E-state index contributed by atoms with van der Waals surface area (Å²) < 4.78 is 0. The van der Waals surface area contributed by atoms with E-state index in [-0.39, 0.29) is 10.8 Å². The molecule has 0 radical (unpaired) electrons. The number of fused-ring (bicyclic) bond motifs is 1. The molecule has 2 aromatic rings. The summed E-state index contributed by atoms with van der Waals surface area (Å²) in [6.45, 7) is 14.3. The predicted molar refractivity (Wildman–Crippen MR) is 132 cm³/mol. The first kappa shape index (κ1) is 21.4. The second-order valence-corrected chi connectivity index (χ2v) is 11.1. The fourth-order valence-corrected chi connectivity index (χ4v) is 5.47. The molecule has 0 atom stereocenters. The minimum absolute atomic E-state index is 0.203. The third-order valence-electron chi connectivity index (χ3n) is 7.58. The summed E-state index contributed by atoms with van der Waals surface area (Å²) in [5, 5.41) is 0. The highest BCUT2D eigenvalue weighted by Gasteiger charge is 2.30. The summed E-state index contributed by atoms with van der Waals surface area (Å²) >= 11 is 0. The average molecular weight is 401 g/mol. The van der Waals surface area contributed by atoms with Crippen LogP contribution in [0.3, 0.4) is 0 Å². The van der Waals surface area contributed by atoms with Gasteiger partial charge in [-0.25, -0.2) is 0 Å². The van der Waals surface area contributed by atoms with Gasteiger partial charge in [0.25, 0.3) is 0 Å². The van der Waals surface area contributed by atoms with Gasteiger partial charge in [0, 0.05) is 0 Å². The van der Waals surface area contributed by atoms with Crippen LogP contribution in [0.15, 0.2) is 42.0 Å². The summed E-state index contributed by atoms with van der Waals surface area (Å²) in [6, 6.07) is 14.5. The minimum atomic E-state index is 0.203. The van der Waals surface area contributed by atoms with Crippen LogP contribution in [0.5, 0.6) is 0 Å². The lowest BCUT2D eigenvalue weighted by Gasteiger charge is -2.31. The van der Waals surface area contributed by atoms with E-state index in [1.807, 2.05) is 0 Å². The first-order chi connectivity index (χ1) is 14.2. The van der Waals surface area contributed by atoms with Crippen LogP contribution in [0.4, 0.5) is 0 Å². The number of benzene rings is 2. The van der Waals surface area contributed by atoms with Crippen LogP contribution in [0, 0.1) is 5.92 Å². The van der Waals surface area contributed by atoms with Crippen molar-refractivity contribution in [1.82, 2.24) is 0 Å². The molecule has 0 nitrogen and oxygen atoms in total. The zero-order chi connectivity index (χ0) is 21.5. The number of hydrogen-bond acceptors (Lipinski definition) is 0. The molecule has 30 heavy (non-hydrogen) atoms. The van der Waals surface area contributed by atoms with E-state index in [1.54, 1.807) is 5.57 Å². The molecule has 0 spiro atoms. The Hall–Kier alpha value is -1.82. The van der Waals surface area contributed by atoms with Crippen LogP contribution in [-0.4, -0.2) is 0 Å². The molecule has 0 bridgehead atoms. The van der Waals surface area contributed by atoms with Gasteiger partial charge >= 0.3 is 0 Å². The van der Waals surface area contributed by atoms with Crippen LogP contribution in [0.1, 0.15) is 102 Å². The van der Waals surface area contributed by atoms with Gasteiger partial charge in [0.05, 0.1) is 0 Å². The van der Waals surface area contributed by atoms with Crippen molar-refractivity contribution < 1.29 is 0 Å². The molecule has 0 heterocycles. The largest absolute Gasteiger partial charge is 0.0654 e. The van der Waals surface area contributed by atoms with Gasteiger partial charge in [0.15, 0.2) is 0 Å². The Balaban J connectivity index is 1.86.